The molecule has 0 saturated heterocycles. The lowest BCUT2D eigenvalue weighted by Gasteiger charge is -2.02. The molecule has 62 valence electrons. The number of nitrogens with one attached hydrogen (secondary N) is 2. The molecule has 11 heavy (non-hydrogen) atoms. The number of rotatable bonds is 2. The van der Waals surface area contributed by atoms with Crippen molar-refractivity contribution in [3.63, 3.8) is 0 Å². The van der Waals surface area contributed by atoms with Gasteiger partial charge in [0.05, 0.1) is 0 Å². The van der Waals surface area contributed by atoms with Crippen molar-refractivity contribution in [2.24, 2.45) is 0 Å². The van der Waals surface area contributed by atoms with Gasteiger partial charge in [0, 0.05) is 0 Å². The molecule has 0 aliphatic heterocycles. The van der Waals surface area contributed by atoms with Gasteiger partial charge in [-0.1, -0.05) is 12.7 Å². The van der Waals surface area contributed by atoms with Gasteiger partial charge < -0.3 is 4.74 Å². The van der Waals surface area contributed by atoms with E-state index in [0.717, 1.165) is 0 Å². The van der Waals surface area contributed by atoms with Crippen LogP contribution >= 0.6 is 11.6 Å². The van der Waals surface area contributed by atoms with Crippen molar-refractivity contribution in [2.45, 2.75) is 0 Å². The lowest BCUT2D eigenvalue weighted by Crippen LogP contribution is -2.39. The predicted molar refractivity (Wildman–Crippen MR) is 39.1 cm³/mol. The summed E-state index contributed by atoms with van der Waals surface area (Å²) < 4.78 is 4.40. The highest BCUT2D eigenvalue weighted by Gasteiger charge is 1.99. The summed E-state index contributed by atoms with van der Waals surface area (Å²) in [6.07, 6.45) is 0.598. The summed E-state index contributed by atoms with van der Waals surface area (Å²) in [5.74, 6) is 0. The van der Waals surface area contributed by atoms with E-state index in [1.54, 1.807) is 0 Å². The Bertz CT molecular complexity index is 171. The van der Waals surface area contributed by atoms with Crippen molar-refractivity contribution >= 4 is 23.1 Å². The van der Waals surface area contributed by atoms with E-state index < -0.39 is 11.5 Å². The smallest absolute Gasteiger partial charge is 0.426 e. The van der Waals surface area contributed by atoms with Crippen LogP contribution in [0.25, 0.3) is 0 Å². The van der Waals surface area contributed by atoms with Crippen molar-refractivity contribution in [1.29, 1.82) is 0 Å². The van der Waals surface area contributed by atoms with Crippen LogP contribution < -0.4 is 10.9 Å². The maximum Gasteiger partial charge on any atom is 0.426 e. The maximum absolute atomic E-state index is 10.5. The van der Waals surface area contributed by atoms with E-state index in [4.69, 9.17) is 11.6 Å². The van der Waals surface area contributed by atoms with Gasteiger partial charge in [-0.15, -0.1) is 0 Å². The molecule has 5 nitrogen and oxygen atoms in total. The molecule has 0 radical (unpaired) electrons. The molecule has 2 N–H and O–H groups in total. The topological polar surface area (TPSA) is 67.4 Å². The van der Waals surface area contributed by atoms with Crippen LogP contribution in [0.4, 0.5) is 9.59 Å². The summed E-state index contributed by atoms with van der Waals surface area (Å²) in [7, 11) is 0. The zero-order valence-corrected chi connectivity index (χ0v) is 6.35. The molecular weight excluding hydrogens is 172 g/mol. The predicted octanol–water partition coefficient (Wildman–Crippen LogP) is 0.762. The monoisotopic (exact) mass is 178 g/mol. The van der Waals surface area contributed by atoms with Gasteiger partial charge in [0.1, 0.15) is 6.61 Å². The van der Waals surface area contributed by atoms with Gasteiger partial charge in [0.15, 0.2) is 0 Å². The zero-order valence-electron chi connectivity index (χ0n) is 5.59. The van der Waals surface area contributed by atoms with E-state index in [0.29, 0.717) is 0 Å². The van der Waals surface area contributed by atoms with Gasteiger partial charge in [-0.05, 0) is 11.6 Å². The molecule has 0 atom stereocenters. The third kappa shape index (κ3) is 6.66. The summed E-state index contributed by atoms with van der Waals surface area (Å²) in [4.78, 5) is 20.4. The first-order valence-electron chi connectivity index (χ1n) is 2.66. The van der Waals surface area contributed by atoms with E-state index >= 15 is 0 Å². The number of ether oxygens (including phenoxy) is 1. The number of hydrazine groups is 1. The second-order valence-corrected chi connectivity index (χ2v) is 1.75. The molecule has 0 heterocycles. The molecule has 2 amide bonds. The van der Waals surface area contributed by atoms with Crippen LogP contribution in [-0.2, 0) is 4.74 Å². The standard InChI is InChI=1S/C5H7ClN2O3/c1-2-3-11-5(10)8-7-4(6)9/h2H,1,3H2,(H,7,9)(H,8,10). The Morgan fingerprint density at radius 3 is 2.64 bits per heavy atom. The van der Waals surface area contributed by atoms with Gasteiger partial charge in [0.2, 0.25) is 0 Å². The van der Waals surface area contributed by atoms with Crippen LogP contribution in [0, 0.1) is 0 Å². The third-order valence-corrected chi connectivity index (χ3v) is 0.690. The number of hydrogen-bond acceptors (Lipinski definition) is 3. The van der Waals surface area contributed by atoms with Gasteiger partial charge in [0.25, 0.3) is 0 Å². The molecule has 0 fully saturated rings. The number of carbonyl (C=O) groups is 2. The van der Waals surface area contributed by atoms with Gasteiger partial charge in [-0.3, -0.25) is 10.2 Å². The van der Waals surface area contributed by atoms with E-state index in [-0.39, 0.29) is 6.61 Å². The summed E-state index contributed by atoms with van der Waals surface area (Å²) >= 11 is 4.82. The van der Waals surface area contributed by atoms with E-state index in [1.165, 1.54) is 6.08 Å². The Labute approximate surface area is 68.3 Å². The SMILES string of the molecule is C=CCOC(=O)NNC(=O)Cl. The van der Waals surface area contributed by atoms with E-state index in [1.807, 2.05) is 10.9 Å². The molecule has 0 unspecified atom stereocenters. The van der Waals surface area contributed by atoms with Crippen molar-refractivity contribution in [2.75, 3.05) is 6.61 Å². The fourth-order valence-electron chi connectivity index (χ4n) is 0.271. The minimum absolute atomic E-state index is 0.0734. The minimum Gasteiger partial charge on any atom is -0.444 e. The second kappa shape index (κ2) is 5.55. The van der Waals surface area contributed by atoms with E-state index in [2.05, 4.69) is 11.3 Å². The number of halogens is 1. The first-order valence-corrected chi connectivity index (χ1v) is 3.03. The molecule has 0 saturated carbocycles. The number of amides is 2. The molecular formula is C5H7ClN2O3. The molecule has 0 spiro atoms. The summed E-state index contributed by atoms with van der Waals surface area (Å²) in [5, 5.41) is -0.888. The molecule has 0 bridgehead atoms. The number of hydrogen-bond donors (Lipinski definition) is 2. The molecule has 0 aromatic heterocycles. The molecule has 0 rings (SSSR count). The maximum atomic E-state index is 10.5. The van der Waals surface area contributed by atoms with Crippen molar-refractivity contribution in [3.05, 3.63) is 12.7 Å². The molecule has 6 heteroatoms. The summed E-state index contributed by atoms with van der Waals surface area (Å²) in [5.41, 5.74) is 3.70. The second-order valence-electron chi connectivity index (χ2n) is 1.41. The van der Waals surface area contributed by atoms with Crippen molar-refractivity contribution < 1.29 is 14.3 Å². The van der Waals surface area contributed by atoms with Gasteiger partial charge >= 0.3 is 11.5 Å². The highest BCUT2D eigenvalue weighted by atomic mass is 35.5. The van der Waals surface area contributed by atoms with Crippen LogP contribution in [0.5, 0.6) is 0 Å². The fraction of sp³-hybridized carbons (Fsp3) is 0.200. The Morgan fingerprint density at radius 2 is 2.18 bits per heavy atom. The van der Waals surface area contributed by atoms with Crippen LogP contribution in [0.3, 0.4) is 0 Å². The Morgan fingerprint density at radius 1 is 1.55 bits per heavy atom. The summed E-state index contributed by atoms with van der Waals surface area (Å²) in [6, 6.07) is 0. The highest BCUT2D eigenvalue weighted by molar-refractivity contribution is 6.62. The highest BCUT2D eigenvalue weighted by Crippen LogP contribution is 1.77. The average molecular weight is 179 g/mol. The molecule has 0 aliphatic rings. The molecule has 0 aromatic rings. The lowest BCUT2D eigenvalue weighted by molar-refractivity contribution is 0.154. The lowest BCUT2D eigenvalue weighted by atomic mass is 10.7. The molecule has 0 aromatic carbocycles. The third-order valence-electron chi connectivity index (χ3n) is 0.595. The van der Waals surface area contributed by atoms with Crippen molar-refractivity contribution in [3.8, 4) is 0 Å². The average Bonchev–Trinajstić information content (AvgIpc) is 1.97. The fourth-order valence-corrected chi connectivity index (χ4v) is 0.318. The quantitative estimate of drug-likeness (QED) is 0.284. The van der Waals surface area contributed by atoms with Crippen LogP contribution in [0.1, 0.15) is 0 Å². The van der Waals surface area contributed by atoms with E-state index in [9.17, 15) is 9.59 Å². The van der Waals surface area contributed by atoms with Gasteiger partial charge in [-0.2, -0.15) is 0 Å². The first-order chi connectivity index (χ1) is 5.16. The normalized spacial score (nSPS) is 8.09. The van der Waals surface area contributed by atoms with Crippen molar-refractivity contribution in [1.82, 2.24) is 10.9 Å². The zero-order chi connectivity index (χ0) is 8.69. The Balaban J connectivity index is 3.37. The van der Waals surface area contributed by atoms with Crippen LogP contribution in [0.15, 0.2) is 12.7 Å². The Hall–Kier alpha value is -1.23. The largest absolute Gasteiger partial charge is 0.444 e. The van der Waals surface area contributed by atoms with Crippen LogP contribution in [0.2, 0.25) is 0 Å². The number of carbonyl (C=O) groups excluding carboxylic acids is 2. The van der Waals surface area contributed by atoms with Crippen LogP contribution in [-0.4, -0.2) is 18.1 Å². The first kappa shape index (κ1) is 9.77. The Kier molecular flexibility index (Phi) is 4.93. The minimum atomic E-state index is -0.888. The molecule has 0 aliphatic carbocycles. The van der Waals surface area contributed by atoms with Gasteiger partial charge in [-0.25, -0.2) is 10.2 Å². The summed E-state index contributed by atoms with van der Waals surface area (Å²) in [6.45, 7) is 3.38.